The van der Waals surface area contributed by atoms with Gasteiger partial charge in [0, 0.05) is 23.3 Å². The summed E-state index contributed by atoms with van der Waals surface area (Å²) in [5, 5.41) is 15.8. The summed E-state index contributed by atoms with van der Waals surface area (Å²) in [6.07, 6.45) is 0. The summed E-state index contributed by atoms with van der Waals surface area (Å²) < 4.78 is 1.74. The number of hydrogen-bond acceptors (Lipinski definition) is 5. The molecular weight excluding hydrogens is 493 g/mol. The quantitative estimate of drug-likeness (QED) is 0.419. The predicted molar refractivity (Wildman–Crippen MR) is 129 cm³/mol. The van der Waals surface area contributed by atoms with Gasteiger partial charge in [-0.1, -0.05) is 52.6 Å². The van der Waals surface area contributed by atoms with Crippen LogP contribution in [0.2, 0.25) is 15.1 Å². The van der Waals surface area contributed by atoms with Gasteiger partial charge in [0.05, 0.1) is 21.8 Å². The molecule has 0 fully saturated rings. The number of aromatic nitrogens is 3. The number of hydrogen-bond donors (Lipinski definition) is 2. The highest BCUT2D eigenvalue weighted by Crippen LogP contribution is 2.24. The Morgan fingerprint density at radius 2 is 1.84 bits per heavy atom. The first-order chi connectivity index (χ1) is 15.2. The molecular formula is C21H20Cl3N5O2S. The third-order valence-electron chi connectivity index (χ3n) is 4.59. The molecule has 0 saturated heterocycles. The SMILES string of the molecule is Cc1ccc(Cl)cc1NC(=O)CSc1nnc([C@H](C)NC(=O)c2ccc(Cl)c(Cl)c2)n1C. The highest BCUT2D eigenvalue weighted by molar-refractivity contribution is 7.99. The summed E-state index contributed by atoms with van der Waals surface area (Å²) in [5.41, 5.74) is 1.97. The van der Waals surface area contributed by atoms with Gasteiger partial charge in [0.2, 0.25) is 5.91 Å². The van der Waals surface area contributed by atoms with Gasteiger partial charge in [0.1, 0.15) is 0 Å². The van der Waals surface area contributed by atoms with Gasteiger partial charge in [-0.25, -0.2) is 0 Å². The average Bonchev–Trinajstić information content (AvgIpc) is 3.11. The Balaban J connectivity index is 1.60. The molecule has 1 heterocycles. The zero-order valence-corrected chi connectivity index (χ0v) is 20.5. The lowest BCUT2D eigenvalue weighted by atomic mass is 10.2. The molecule has 32 heavy (non-hydrogen) atoms. The van der Waals surface area contributed by atoms with Crippen molar-refractivity contribution in [2.45, 2.75) is 25.0 Å². The van der Waals surface area contributed by atoms with Gasteiger partial charge in [0.25, 0.3) is 5.91 Å². The van der Waals surface area contributed by atoms with E-state index in [1.807, 2.05) is 13.0 Å². The van der Waals surface area contributed by atoms with E-state index in [2.05, 4.69) is 20.8 Å². The van der Waals surface area contributed by atoms with E-state index in [1.165, 1.54) is 17.8 Å². The van der Waals surface area contributed by atoms with E-state index in [1.54, 1.807) is 42.8 Å². The number of carbonyl (C=O) groups is 2. The molecule has 2 N–H and O–H groups in total. The molecule has 0 spiro atoms. The lowest BCUT2D eigenvalue weighted by molar-refractivity contribution is -0.113. The minimum atomic E-state index is -0.424. The van der Waals surface area contributed by atoms with Crippen molar-refractivity contribution in [3.63, 3.8) is 0 Å². The van der Waals surface area contributed by atoms with Crippen LogP contribution in [-0.2, 0) is 11.8 Å². The van der Waals surface area contributed by atoms with Crippen molar-refractivity contribution in [2.75, 3.05) is 11.1 Å². The predicted octanol–water partition coefficient (Wildman–Crippen LogP) is 5.31. The third kappa shape index (κ3) is 5.95. The third-order valence-corrected chi connectivity index (χ3v) is 6.59. The van der Waals surface area contributed by atoms with Crippen LogP contribution in [0, 0.1) is 6.92 Å². The van der Waals surface area contributed by atoms with Gasteiger partial charge in [-0.3, -0.25) is 9.59 Å². The Hall–Kier alpha value is -2.26. The van der Waals surface area contributed by atoms with Crippen LogP contribution in [0.15, 0.2) is 41.6 Å². The van der Waals surface area contributed by atoms with Crippen LogP contribution in [0.3, 0.4) is 0 Å². The van der Waals surface area contributed by atoms with E-state index in [-0.39, 0.29) is 17.6 Å². The number of rotatable bonds is 7. The zero-order valence-electron chi connectivity index (χ0n) is 17.4. The number of aryl methyl sites for hydroxylation is 1. The normalized spacial score (nSPS) is 11.8. The molecule has 0 aliphatic rings. The molecule has 11 heteroatoms. The maximum Gasteiger partial charge on any atom is 0.251 e. The van der Waals surface area contributed by atoms with Gasteiger partial charge >= 0.3 is 0 Å². The van der Waals surface area contributed by atoms with Crippen LogP contribution in [0.5, 0.6) is 0 Å². The molecule has 0 radical (unpaired) electrons. The number of anilines is 1. The van der Waals surface area contributed by atoms with Crippen molar-refractivity contribution in [1.82, 2.24) is 20.1 Å². The second kappa shape index (κ2) is 10.6. The lowest BCUT2D eigenvalue weighted by Gasteiger charge is -2.14. The number of nitrogens with one attached hydrogen (secondary N) is 2. The molecule has 2 aromatic carbocycles. The minimum absolute atomic E-state index is 0.141. The molecule has 168 valence electrons. The largest absolute Gasteiger partial charge is 0.342 e. The van der Waals surface area contributed by atoms with Crippen LogP contribution in [0.25, 0.3) is 0 Å². The molecule has 0 bridgehead atoms. The van der Waals surface area contributed by atoms with Crippen LogP contribution >= 0.6 is 46.6 Å². The van der Waals surface area contributed by atoms with Gasteiger partial charge in [-0.2, -0.15) is 0 Å². The van der Waals surface area contributed by atoms with Crippen LogP contribution in [0.1, 0.15) is 34.7 Å². The van der Waals surface area contributed by atoms with Crippen molar-refractivity contribution in [3.8, 4) is 0 Å². The Labute approximate surface area is 204 Å². The number of nitrogens with zero attached hydrogens (tertiary/aromatic N) is 3. The topological polar surface area (TPSA) is 88.9 Å². The molecule has 1 aromatic heterocycles. The fourth-order valence-electron chi connectivity index (χ4n) is 2.86. The first-order valence-electron chi connectivity index (χ1n) is 9.49. The van der Waals surface area contributed by atoms with Crippen LogP contribution in [-0.4, -0.2) is 32.3 Å². The summed E-state index contributed by atoms with van der Waals surface area (Å²) >= 11 is 19.1. The standard InChI is InChI=1S/C21H20Cl3N5O2S/c1-11-4-6-14(22)9-17(11)26-18(30)10-32-21-28-27-19(29(21)3)12(2)25-20(31)13-5-7-15(23)16(24)8-13/h4-9,12H,10H2,1-3H3,(H,25,31)(H,26,30)/t12-/m0/s1. The van der Waals surface area contributed by atoms with E-state index in [0.29, 0.717) is 37.3 Å². The van der Waals surface area contributed by atoms with Crippen LogP contribution < -0.4 is 10.6 Å². The molecule has 3 aromatic rings. The molecule has 7 nitrogen and oxygen atoms in total. The monoisotopic (exact) mass is 511 g/mol. The lowest BCUT2D eigenvalue weighted by Crippen LogP contribution is -2.28. The number of benzene rings is 2. The highest BCUT2D eigenvalue weighted by Gasteiger charge is 2.19. The fourth-order valence-corrected chi connectivity index (χ4v) is 4.04. The smallest absolute Gasteiger partial charge is 0.251 e. The second-order valence-electron chi connectivity index (χ2n) is 7.02. The molecule has 0 saturated carbocycles. The van der Waals surface area contributed by atoms with Gasteiger partial charge in [-0.05, 0) is 49.7 Å². The van der Waals surface area contributed by atoms with Gasteiger partial charge in [-0.15, -0.1) is 10.2 Å². The average molecular weight is 513 g/mol. The molecule has 0 unspecified atom stereocenters. The van der Waals surface area contributed by atoms with Crippen molar-refractivity contribution in [2.24, 2.45) is 7.05 Å². The summed E-state index contributed by atoms with van der Waals surface area (Å²) in [4.78, 5) is 24.9. The Kier molecular flexibility index (Phi) is 8.05. The highest BCUT2D eigenvalue weighted by atomic mass is 35.5. The molecule has 1 atom stereocenters. The molecule has 0 aliphatic carbocycles. The Morgan fingerprint density at radius 3 is 2.56 bits per heavy atom. The molecule has 0 aliphatic heterocycles. The first kappa shape index (κ1) is 24.4. The van der Waals surface area contributed by atoms with Crippen molar-refractivity contribution < 1.29 is 9.59 Å². The van der Waals surface area contributed by atoms with Crippen molar-refractivity contribution >= 4 is 64.1 Å². The molecule has 2 amide bonds. The van der Waals surface area contributed by atoms with Crippen molar-refractivity contribution in [1.29, 1.82) is 0 Å². The fraction of sp³-hybridized carbons (Fsp3) is 0.238. The summed E-state index contributed by atoms with van der Waals surface area (Å²) in [6.45, 7) is 3.68. The Morgan fingerprint density at radius 1 is 1.09 bits per heavy atom. The maximum absolute atomic E-state index is 12.5. The van der Waals surface area contributed by atoms with Gasteiger partial charge < -0.3 is 15.2 Å². The summed E-state index contributed by atoms with van der Waals surface area (Å²) in [5.74, 6) is 0.185. The van der Waals surface area contributed by atoms with E-state index in [9.17, 15) is 9.59 Å². The first-order valence-corrected chi connectivity index (χ1v) is 11.6. The van der Waals surface area contributed by atoms with E-state index in [0.717, 1.165) is 5.56 Å². The minimum Gasteiger partial charge on any atom is -0.342 e. The molecule has 3 rings (SSSR count). The van der Waals surface area contributed by atoms with Crippen LogP contribution in [0.4, 0.5) is 5.69 Å². The summed E-state index contributed by atoms with van der Waals surface area (Å²) in [6, 6.07) is 9.55. The number of thioether (sulfide) groups is 1. The maximum atomic E-state index is 12.5. The van der Waals surface area contributed by atoms with Crippen molar-refractivity contribution in [3.05, 3.63) is 68.4 Å². The number of amides is 2. The zero-order chi connectivity index (χ0) is 23.4. The number of halogens is 3. The van der Waals surface area contributed by atoms with E-state index < -0.39 is 6.04 Å². The van der Waals surface area contributed by atoms with E-state index in [4.69, 9.17) is 34.8 Å². The van der Waals surface area contributed by atoms with Gasteiger partial charge in [0.15, 0.2) is 11.0 Å². The second-order valence-corrected chi connectivity index (χ2v) is 9.21. The summed E-state index contributed by atoms with van der Waals surface area (Å²) in [7, 11) is 1.78. The van der Waals surface area contributed by atoms with E-state index >= 15 is 0 Å². The Bertz CT molecular complexity index is 1170. The number of carbonyl (C=O) groups excluding carboxylic acids is 2.